The van der Waals surface area contributed by atoms with E-state index in [1.807, 2.05) is 6.08 Å². The molecule has 0 aliphatic heterocycles. The molecule has 0 radical (unpaired) electrons. The van der Waals surface area contributed by atoms with Crippen molar-refractivity contribution < 1.29 is 4.79 Å². The highest BCUT2D eigenvalue weighted by atomic mass is 16.1. The Labute approximate surface area is 178 Å². The molecule has 0 saturated heterocycles. The van der Waals surface area contributed by atoms with Crippen LogP contribution >= 0.6 is 0 Å². The van der Waals surface area contributed by atoms with Gasteiger partial charge in [0.1, 0.15) is 0 Å². The predicted octanol–water partition coefficient (Wildman–Crippen LogP) is 7.46. The second-order valence-corrected chi connectivity index (χ2v) is 11.3. The SMILES string of the molecule is CC(C)[C@@H](C)CC[C@@H](C)[C@H]1CC[C@H]2C3=C(C=C[C@]12C)[C@@]1(C)CCC(=O)C=C1C=C3. The number of rotatable bonds is 5. The lowest BCUT2D eigenvalue weighted by molar-refractivity contribution is -0.115. The van der Waals surface area contributed by atoms with Crippen molar-refractivity contribution in [2.75, 3.05) is 0 Å². The van der Waals surface area contributed by atoms with Crippen molar-refractivity contribution in [3.63, 3.8) is 0 Å². The van der Waals surface area contributed by atoms with E-state index in [4.69, 9.17) is 0 Å². The molecule has 1 nitrogen and oxygen atoms in total. The normalized spacial score (nSPS) is 37.9. The van der Waals surface area contributed by atoms with Gasteiger partial charge in [-0.2, -0.15) is 0 Å². The first-order valence-electron chi connectivity index (χ1n) is 12.0. The Bertz CT molecular complexity index is 806. The molecule has 6 atom stereocenters. The molecule has 1 saturated carbocycles. The Kier molecular flexibility index (Phi) is 5.33. The van der Waals surface area contributed by atoms with Crippen molar-refractivity contribution >= 4 is 5.78 Å². The van der Waals surface area contributed by atoms with Crippen LogP contribution in [0.2, 0.25) is 0 Å². The zero-order valence-electron chi connectivity index (χ0n) is 19.4. The molecule has 0 aromatic rings. The first kappa shape index (κ1) is 20.9. The molecular weight excluding hydrogens is 352 g/mol. The molecule has 29 heavy (non-hydrogen) atoms. The number of carbonyl (C=O) groups is 1. The van der Waals surface area contributed by atoms with Crippen LogP contribution in [0.15, 0.2) is 47.1 Å². The van der Waals surface area contributed by atoms with Gasteiger partial charge in [-0.25, -0.2) is 0 Å². The molecule has 0 bridgehead atoms. The lowest BCUT2D eigenvalue weighted by Gasteiger charge is -2.47. The van der Waals surface area contributed by atoms with Gasteiger partial charge in [-0.1, -0.05) is 78.7 Å². The second kappa shape index (κ2) is 7.40. The van der Waals surface area contributed by atoms with Crippen LogP contribution in [0.4, 0.5) is 0 Å². The minimum Gasteiger partial charge on any atom is -0.295 e. The van der Waals surface area contributed by atoms with Crippen LogP contribution in [-0.2, 0) is 4.79 Å². The van der Waals surface area contributed by atoms with Gasteiger partial charge in [0.25, 0.3) is 0 Å². The molecular formula is C28H40O. The Morgan fingerprint density at radius 2 is 1.79 bits per heavy atom. The lowest BCUT2D eigenvalue weighted by Crippen LogP contribution is -2.37. The molecule has 0 N–H and O–H groups in total. The first-order valence-corrected chi connectivity index (χ1v) is 12.0. The summed E-state index contributed by atoms with van der Waals surface area (Å²) < 4.78 is 0. The topological polar surface area (TPSA) is 17.1 Å². The molecule has 0 amide bonds. The van der Waals surface area contributed by atoms with Crippen molar-refractivity contribution in [2.45, 2.75) is 80.1 Å². The summed E-state index contributed by atoms with van der Waals surface area (Å²) in [6, 6.07) is 0. The van der Waals surface area contributed by atoms with Crippen molar-refractivity contribution in [1.82, 2.24) is 0 Å². The van der Waals surface area contributed by atoms with E-state index >= 15 is 0 Å². The third-order valence-electron chi connectivity index (χ3n) is 9.38. The fourth-order valence-corrected chi connectivity index (χ4v) is 6.79. The van der Waals surface area contributed by atoms with Crippen molar-refractivity contribution in [3.8, 4) is 0 Å². The number of allylic oxidation sites excluding steroid dienone is 8. The lowest BCUT2D eigenvalue weighted by atomic mass is 9.57. The van der Waals surface area contributed by atoms with Crippen LogP contribution in [0.5, 0.6) is 0 Å². The van der Waals surface area contributed by atoms with Crippen LogP contribution in [0.3, 0.4) is 0 Å². The molecule has 4 aliphatic carbocycles. The zero-order chi connectivity index (χ0) is 21.0. The van der Waals surface area contributed by atoms with Gasteiger partial charge < -0.3 is 0 Å². The summed E-state index contributed by atoms with van der Waals surface area (Å²) in [4.78, 5) is 12.0. The number of fused-ring (bicyclic) bond motifs is 4. The molecule has 1 heteroatoms. The zero-order valence-corrected chi connectivity index (χ0v) is 19.4. The van der Waals surface area contributed by atoms with Crippen LogP contribution < -0.4 is 0 Å². The van der Waals surface area contributed by atoms with E-state index in [0.29, 0.717) is 18.1 Å². The molecule has 0 unspecified atom stereocenters. The molecule has 4 aliphatic rings. The monoisotopic (exact) mass is 392 g/mol. The van der Waals surface area contributed by atoms with E-state index in [2.05, 4.69) is 65.8 Å². The van der Waals surface area contributed by atoms with Crippen LogP contribution in [0.25, 0.3) is 0 Å². The average molecular weight is 393 g/mol. The van der Waals surface area contributed by atoms with Crippen molar-refractivity contribution in [2.24, 2.45) is 40.4 Å². The summed E-state index contributed by atoms with van der Waals surface area (Å²) >= 11 is 0. The minimum absolute atomic E-state index is 0.0340. The Balaban J connectivity index is 1.57. The summed E-state index contributed by atoms with van der Waals surface area (Å²) in [5.41, 5.74) is 4.63. The summed E-state index contributed by atoms with van der Waals surface area (Å²) in [7, 11) is 0. The quantitative estimate of drug-likeness (QED) is 0.474. The maximum absolute atomic E-state index is 12.0. The number of hydrogen-bond donors (Lipinski definition) is 0. The maximum Gasteiger partial charge on any atom is 0.156 e. The fraction of sp³-hybridized carbons (Fsp3) is 0.679. The fourth-order valence-electron chi connectivity index (χ4n) is 6.79. The van der Waals surface area contributed by atoms with Gasteiger partial charge >= 0.3 is 0 Å². The molecule has 0 heterocycles. The number of ketones is 1. The standard InChI is InChI=1S/C28H40O/c1-18(2)19(3)7-8-20(4)24-11-12-25-23-10-9-21-17-22(29)13-15-27(21,5)26(23)14-16-28(24,25)6/h9-10,14,16-20,24-25H,7-8,11-13,15H2,1-6H3/t19-,20+,24+,25-,27-,28+/m0/s1. The third-order valence-corrected chi connectivity index (χ3v) is 9.38. The van der Waals surface area contributed by atoms with Gasteiger partial charge in [0.2, 0.25) is 0 Å². The highest BCUT2D eigenvalue weighted by Crippen LogP contribution is 2.61. The Morgan fingerprint density at radius 1 is 1.03 bits per heavy atom. The van der Waals surface area contributed by atoms with E-state index in [0.717, 1.165) is 30.1 Å². The molecule has 0 aromatic heterocycles. The van der Waals surface area contributed by atoms with Crippen molar-refractivity contribution in [1.29, 1.82) is 0 Å². The molecule has 0 aromatic carbocycles. The number of carbonyl (C=O) groups excluding carboxylic acids is 1. The Hall–Kier alpha value is -1.37. The van der Waals surface area contributed by atoms with Gasteiger partial charge in [-0.15, -0.1) is 0 Å². The summed E-state index contributed by atoms with van der Waals surface area (Å²) in [5, 5.41) is 0. The van der Waals surface area contributed by atoms with Gasteiger partial charge in [0.15, 0.2) is 5.78 Å². The highest BCUT2D eigenvalue weighted by molar-refractivity contribution is 5.92. The van der Waals surface area contributed by atoms with Gasteiger partial charge in [0.05, 0.1) is 0 Å². The minimum atomic E-state index is 0.0340. The predicted molar refractivity (Wildman–Crippen MR) is 122 cm³/mol. The average Bonchev–Trinajstić information content (AvgIpc) is 3.03. The Morgan fingerprint density at radius 3 is 2.52 bits per heavy atom. The maximum atomic E-state index is 12.0. The highest BCUT2D eigenvalue weighted by Gasteiger charge is 2.52. The molecule has 1 fully saturated rings. The van der Waals surface area contributed by atoms with E-state index in [9.17, 15) is 4.79 Å². The van der Waals surface area contributed by atoms with Crippen LogP contribution in [0.1, 0.15) is 80.1 Å². The van der Waals surface area contributed by atoms with E-state index < -0.39 is 0 Å². The molecule has 158 valence electrons. The van der Waals surface area contributed by atoms with Crippen LogP contribution in [-0.4, -0.2) is 5.78 Å². The smallest absolute Gasteiger partial charge is 0.156 e. The van der Waals surface area contributed by atoms with Crippen LogP contribution in [0, 0.1) is 40.4 Å². The second-order valence-electron chi connectivity index (χ2n) is 11.3. The van der Waals surface area contributed by atoms with Gasteiger partial charge in [0, 0.05) is 11.8 Å². The molecule has 4 rings (SSSR count). The van der Waals surface area contributed by atoms with Crippen molar-refractivity contribution in [3.05, 3.63) is 47.1 Å². The molecule has 0 spiro atoms. The first-order chi connectivity index (χ1) is 13.7. The van der Waals surface area contributed by atoms with Gasteiger partial charge in [-0.05, 0) is 77.1 Å². The van der Waals surface area contributed by atoms with E-state index in [1.165, 1.54) is 36.8 Å². The summed E-state index contributed by atoms with van der Waals surface area (Å²) in [6.45, 7) is 14.5. The largest absolute Gasteiger partial charge is 0.295 e. The summed E-state index contributed by atoms with van der Waals surface area (Å²) in [6.07, 6.45) is 18.6. The number of hydrogen-bond acceptors (Lipinski definition) is 1. The summed E-state index contributed by atoms with van der Waals surface area (Å²) in [5.74, 6) is 4.10. The van der Waals surface area contributed by atoms with E-state index in [-0.39, 0.29) is 10.8 Å². The third kappa shape index (κ3) is 3.33. The van der Waals surface area contributed by atoms with E-state index in [1.54, 1.807) is 5.57 Å². The van der Waals surface area contributed by atoms with Gasteiger partial charge in [-0.3, -0.25) is 4.79 Å².